The molecular weight excluding hydrogens is 264 g/mol. The molecule has 0 fully saturated rings. The van der Waals surface area contributed by atoms with Gasteiger partial charge in [0.1, 0.15) is 0 Å². The molecule has 0 aliphatic heterocycles. The van der Waals surface area contributed by atoms with Crippen LogP contribution in [0, 0.1) is 6.92 Å². The molecule has 0 saturated heterocycles. The second-order valence-corrected chi connectivity index (χ2v) is 5.86. The lowest BCUT2D eigenvalue weighted by molar-refractivity contribution is 0.955. The topological polar surface area (TPSA) is 0 Å². The van der Waals surface area contributed by atoms with Gasteiger partial charge in [0.25, 0.3) is 0 Å². The van der Waals surface area contributed by atoms with Crippen molar-refractivity contribution < 1.29 is 0 Å². The first kappa shape index (κ1) is 16.3. The molecular formula is C22H26. The molecule has 0 aliphatic carbocycles. The van der Waals surface area contributed by atoms with Gasteiger partial charge in [0.2, 0.25) is 0 Å². The summed E-state index contributed by atoms with van der Waals surface area (Å²) >= 11 is 0. The Balaban J connectivity index is 2.28. The van der Waals surface area contributed by atoms with Gasteiger partial charge < -0.3 is 0 Å². The van der Waals surface area contributed by atoms with E-state index >= 15 is 0 Å². The monoisotopic (exact) mass is 290 g/mol. The first-order valence-corrected chi connectivity index (χ1v) is 8.20. The van der Waals surface area contributed by atoms with Gasteiger partial charge in [0.05, 0.1) is 0 Å². The number of hydrogen-bond donors (Lipinski definition) is 0. The Morgan fingerprint density at radius 1 is 1.09 bits per heavy atom. The summed E-state index contributed by atoms with van der Waals surface area (Å²) in [5.74, 6) is 0. The fraction of sp³-hybridized carbons (Fsp3) is 0.273. The van der Waals surface area contributed by atoms with Crippen molar-refractivity contribution in [1.82, 2.24) is 0 Å². The molecule has 0 atom stereocenters. The van der Waals surface area contributed by atoms with Crippen molar-refractivity contribution in [1.29, 1.82) is 0 Å². The third-order valence-corrected chi connectivity index (χ3v) is 3.90. The Labute approximate surface area is 134 Å². The van der Waals surface area contributed by atoms with E-state index in [1.54, 1.807) is 0 Å². The van der Waals surface area contributed by atoms with Crippen LogP contribution >= 0.6 is 0 Å². The second kappa shape index (κ2) is 8.38. The van der Waals surface area contributed by atoms with Crippen molar-refractivity contribution in [2.24, 2.45) is 0 Å². The average molecular weight is 290 g/mol. The Hall–Kier alpha value is -2.08. The van der Waals surface area contributed by atoms with Crippen LogP contribution in [0.2, 0.25) is 0 Å². The highest BCUT2D eigenvalue weighted by atomic mass is 14.0. The van der Waals surface area contributed by atoms with Crippen LogP contribution in [0.3, 0.4) is 0 Å². The summed E-state index contributed by atoms with van der Waals surface area (Å²) in [4.78, 5) is 0. The zero-order valence-electron chi connectivity index (χ0n) is 13.8. The predicted molar refractivity (Wildman–Crippen MR) is 98.2 cm³/mol. The lowest BCUT2D eigenvalue weighted by Gasteiger charge is -2.05. The van der Waals surface area contributed by atoms with Crippen molar-refractivity contribution >= 4 is 12.2 Å². The summed E-state index contributed by atoms with van der Waals surface area (Å²) in [5, 5.41) is 2.39. The molecule has 0 unspecified atom stereocenters. The number of allylic oxidation sites excluding steroid dienone is 2. The second-order valence-electron chi connectivity index (χ2n) is 5.86. The van der Waals surface area contributed by atoms with E-state index in [0.717, 1.165) is 24.5 Å². The Morgan fingerprint density at radius 2 is 1.91 bits per heavy atom. The Kier molecular flexibility index (Phi) is 6.21. The number of rotatable bonds is 6. The number of unbranched alkanes of at least 4 members (excludes halogenated alkanes) is 1. The van der Waals surface area contributed by atoms with Gasteiger partial charge in [0.15, 0.2) is 0 Å². The van der Waals surface area contributed by atoms with Crippen LogP contribution in [-0.4, -0.2) is 0 Å². The standard InChI is InChI=1S/C22H26/c1-4-5-6-13-21(22-14-8-7-11-19(22)3)16-15-20-12-9-10-18(2)17-20/h6-14,17H,3-5,15-16H2,1-2H3/b13-6+,22-21+. The van der Waals surface area contributed by atoms with Crippen molar-refractivity contribution in [2.75, 3.05) is 0 Å². The summed E-state index contributed by atoms with van der Waals surface area (Å²) < 4.78 is 0. The van der Waals surface area contributed by atoms with Crippen LogP contribution in [0.25, 0.3) is 12.2 Å². The maximum atomic E-state index is 4.18. The van der Waals surface area contributed by atoms with Crippen LogP contribution < -0.4 is 10.4 Å². The van der Waals surface area contributed by atoms with E-state index in [1.807, 2.05) is 0 Å². The largest absolute Gasteiger partial charge is 0.0911 e. The lowest BCUT2D eigenvalue weighted by atomic mass is 10.00. The molecule has 0 saturated carbocycles. The molecule has 0 spiro atoms. The van der Waals surface area contributed by atoms with Crippen molar-refractivity contribution in [3.8, 4) is 0 Å². The molecule has 2 aromatic carbocycles. The molecule has 0 heterocycles. The normalized spacial score (nSPS) is 12.6. The summed E-state index contributed by atoms with van der Waals surface area (Å²) in [5.41, 5.74) is 4.13. The van der Waals surface area contributed by atoms with Crippen LogP contribution in [0.1, 0.15) is 37.3 Å². The molecule has 0 aromatic heterocycles. The van der Waals surface area contributed by atoms with E-state index in [0.29, 0.717) is 0 Å². The third-order valence-electron chi connectivity index (χ3n) is 3.90. The third kappa shape index (κ3) is 4.73. The number of benzene rings is 2. The number of aryl methyl sites for hydroxylation is 2. The molecule has 114 valence electrons. The van der Waals surface area contributed by atoms with Gasteiger partial charge in [0, 0.05) is 0 Å². The van der Waals surface area contributed by atoms with Crippen LogP contribution in [0.15, 0.2) is 60.7 Å². The Morgan fingerprint density at radius 3 is 2.64 bits per heavy atom. The molecule has 0 amide bonds. The molecule has 0 aliphatic rings. The zero-order valence-corrected chi connectivity index (χ0v) is 13.8. The van der Waals surface area contributed by atoms with Gasteiger partial charge >= 0.3 is 0 Å². The van der Waals surface area contributed by atoms with Crippen LogP contribution in [0.4, 0.5) is 0 Å². The summed E-state index contributed by atoms with van der Waals surface area (Å²) in [7, 11) is 0. The molecule has 2 rings (SSSR count). The van der Waals surface area contributed by atoms with Gasteiger partial charge in [-0.2, -0.15) is 0 Å². The summed E-state index contributed by atoms with van der Waals surface area (Å²) in [6, 6.07) is 17.2. The van der Waals surface area contributed by atoms with Gasteiger partial charge in [-0.05, 0) is 47.8 Å². The quantitative estimate of drug-likeness (QED) is 0.732. The maximum absolute atomic E-state index is 4.18. The molecule has 0 radical (unpaired) electrons. The highest BCUT2D eigenvalue weighted by Crippen LogP contribution is 2.12. The fourth-order valence-electron chi connectivity index (χ4n) is 2.68. The van der Waals surface area contributed by atoms with Gasteiger partial charge in [-0.3, -0.25) is 0 Å². The highest BCUT2D eigenvalue weighted by Gasteiger charge is 1.99. The predicted octanol–water partition coefficient (Wildman–Crippen LogP) is 4.55. The van der Waals surface area contributed by atoms with Gasteiger partial charge in [-0.1, -0.05) is 86.2 Å². The summed E-state index contributed by atoms with van der Waals surface area (Å²) in [6.07, 6.45) is 9.03. The van der Waals surface area contributed by atoms with E-state index in [1.165, 1.54) is 28.3 Å². The van der Waals surface area contributed by atoms with Crippen LogP contribution in [-0.2, 0) is 6.42 Å². The smallest absolute Gasteiger partial charge is 0.0158 e. The minimum atomic E-state index is 1.05. The SMILES string of the molecule is C=c1cccc/c1=C(/C=C/CCC)CCc1cccc(C)c1. The van der Waals surface area contributed by atoms with Crippen molar-refractivity contribution in [3.05, 3.63) is 82.2 Å². The van der Waals surface area contributed by atoms with E-state index in [-0.39, 0.29) is 0 Å². The van der Waals surface area contributed by atoms with Crippen LogP contribution in [0.5, 0.6) is 0 Å². The molecule has 0 N–H and O–H groups in total. The average Bonchev–Trinajstić information content (AvgIpc) is 2.52. The maximum Gasteiger partial charge on any atom is -0.0158 e. The molecule has 22 heavy (non-hydrogen) atoms. The first-order chi connectivity index (χ1) is 10.7. The van der Waals surface area contributed by atoms with E-state index in [2.05, 4.69) is 81.1 Å². The van der Waals surface area contributed by atoms with Crippen molar-refractivity contribution in [3.63, 3.8) is 0 Å². The van der Waals surface area contributed by atoms with Gasteiger partial charge in [-0.15, -0.1) is 0 Å². The van der Waals surface area contributed by atoms with E-state index < -0.39 is 0 Å². The van der Waals surface area contributed by atoms with Gasteiger partial charge in [-0.25, -0.2) is 0 Å². The minimum Gasteiger partial charge on any atom is -0.0911 e. The first-order valence-electron chi connectivity index (χ1n) is 8.20. The van der Waals surface area contributed by atoms with E-state index in [9.17, 15) is 0 Å². The fourth-order valence-corrected chi connectivity index (χ4v) is 2.68. The Bertz CT molecular complexity index is 735. The molecule has 0 nitrogen and oxygen atoms in total. The number of hydrogen-bond acceptors (Lipinski definition) is 0. The highest BCUT2D eigenvalue weighted by molar-refractivity contribution is 5.57. The molecule has 0 heteroatoms. The van der Waals surface area contributed by atoms with Crippen molar-refractivity contribution in [2.45, 2.75) is 39.5 Å². The zero-order chi connectivity index (χ0) is 15.8. The molecule has 0 bridgehead atoms. The minimum absolute atomic E-state index is 1.05. The molecule has 2 aromatic rings. The van der Waals surface area contributed by atoms with E-state index in [4.69, 9.17) is 0 Å². The summed E-state index contributed by atoms with van der Waals surface area (Å²) in [6.45, 7) is 8.55. The lowest BCUT2D eigenvalue weighted by Crippen LogP contribution is -2.24.